The second kappa shape index (κ2) is 6.36. The second-order valence-corrected chi connectivity index (χ2v) is 10.6. The molecule has 0 bridgehead atoms. The zero-order valence-corrected chi connectivity index (χ0v) is 13.2. The first kappa shape index (κ1) is 15.9. The van der Waals surface area contributed by atoms with Gasteiger partial charge in [0.2, 0.25) is 0 Å². The Kier molecular flexibility index (Phi) is 5.34. The van der Waals surface area contributed by atoms with Gasteiger partial charge in [0.05, 0.1) is 0 Å². The van der Waals surface area contributed by atoms with Crippen molar-refractivity contribution in [1.82, 2.24) is 0 Å². The van der Waals surface area contributed by atoms with Gasteiger partial charge >= 0.3 is 0 Å². The van der Waals surface area contributed by atoms with Crippen LogP contribution in [0.4, 0.5) is 4.39 Å². The summed E-state index contributed by atoms with van der Waals surface area (Å²) in [5, 5.41) is 10.7. The molecule has 0 heterocycles. The second-order valence-electron chi connectivity index (χ2n) is 5.89. The molecule has 0 fully saturated rings. The minimum atomic E-state index is -1.68. The van der Waals surface area contributed by atoms with Crippen LogP contribution in [0.5, 0.6) is 0 Å². The van der Waals surface area contributed by atoms with Crippen LogP contribution in [0.25, 0.3) is 0 Å². The molecule has 0 spiro atoms. The van der Waals surface area contributed by atoms with Crippen molar-refractivity contribution in [2.24, 2.45) is 0 Å². The van der Waals surface area contributed by atoms with Gasteiger partial charge < -0.3 is 5.11 Å². The first-order valence-corrected chi connectivity index (χ1v) is 10.3. The third kappa shape index (κ3) is 4.48. The monoisotopic (exact) mass is 278 g/mol. The fourth-order valence-electron chi connectivity index (χ4n) is 1.77. The summed E-state index contributed by atoms with van der Waals surface area (Å²) in [5.41, 5.74) is 1.96. The summed E-state index contributed by atoms with van der Waals surface area (Å²) in [7, 11) is -1.66. The number of halogens is 1. The molecule has 0 aliphatic carbocycles. The van der Waals surface area contributed by atoms with E-state index in [4.69, 9.17) is 0 Å². The lowest BCUT2D eigenvalue weighted by Crippen LogP contribution is -2.36. The molecule has 2 unspecified atom stereocenters. The molecule has 1 aromatic carbocycles. The average Bonchev–Trinajstić information content (AvgIpc) is 2.36. The highest BCUT2D eigenvalue weighted by Crippen LogP contribution is 2.29. The Hall–Kier alpha value is -1.11. The molecule has 3 heteroatoms. The van der Waals surface area contributed by atoms with Gasteiger partial charge in [0, 0.05) is 0 Å². The Bertz CT molecular complexity index is 455. The smallest absolute Gasteiger partial charge is 0.181 e. The molecular weight excluding hydrogens is 255 g/mol. The van der Waals surface area contributed by atoms with Crippen molar-refractivity contribution >= 4 is 8.07 Å². The predicted molar refractivity (Wildman–Crippen MR) is 81.3 cm³/mol. The minimum Gasteiger partial charge on any atom is -0.371 e. The zero-order chi connectivity index (χ0) is 14.5. The Morgan fingerprint density at radius 2 is 1.84 bits per heavy atom. The third-order valence-electron chi connectivity index (χ3n) is 2.84. The zero-order valence-electron chi connectivity index (χ0n) is 12.2. The van der Waals surface area contributed by atoms with Gasteiger partial charge in [0.15, 0.2) is 5.60 Å². The molecule has 0 aliphatic rings. The maximum atomic E-state index is 14.4. The number of benzene rings is 1. The van der Waals surface area contributed by atoms with Gasteiger partial charge in [-0.05, 0) is 12.0 Å². The third-order valence-corrected chi connectivity index (χ3v) is 3.71. The van der Waals surface area contributed by atoms with Crippen LogP contribution in [0.15, 0.2) is 30.3 Å². The van der Waals surface area contributed by atoms with E-state index in [9.17, 15) is 9.50 Å². The Labute approximate surface area is 116 Å². The van der Waals surface area contributed by atoms with Crippen LogP contribution in [0.3, 0.4) is 0 Å². The first-order valence-electron chi connectivity index (χ1n) is 6.76. The minimum absolute atomic E-state index is 0.311. The van der Waals surface area contributed by atoms with Gasteiger partial charge in [-0.25, -0.2) is 4.39 Å². The van der Waals surface area contributed by atoms with Crippen LogP contribution in [0, 0.1) is 11.5 Å². The van der Waals surface area contributed by atoms with Crippen LogP contribution >= 0.6 is 0 Å². The van der Waals surface area contributed by atoms with Crippen molar-refractivity contribution in [3.05, 3.63) is 35.9 Å². The van der Waals surface area contributed by atoms with Crippen molar-refractivity contribution in [2.45, 2.75) is 51.2 Å². The summed E-state index contributed by atoms with van der Waals surface area (Å²) in [6.45, 7) is 8.15. The summed E-state index contributed by atoms with van der Waals surface area (Å²) >= 11 is 0. The van der Waals surface area contributed by atoms with E-state index in [1.807, 2.05) is 13.0 Å². The van der Waals surface area contributed by atoms with Crippen LogP contribution in [-0.4, -0.2) is 19.4 Å². The molecule has 0 aromatic heterocycles. The van der Waals surface area contributed by atoms with Crippen molar-refractivity contribution in [1.29, 1.82) is 0 Å². The SMILES string of the molecule is CCCC(F)C(O)(C#C[Si](C)(C)C)c1ccccc1. The molecule has 0 saturated carbocycles. The molecular formula is C16H23FOSi. The van der Waals surface area contributed by atoms with E-state index < -0.39 is 19.8 Å². The number of aliphatic hydroxyl groups is 1. The lowest BCUT2D eigenvalue weighted by atomic mass is 9.88. The van der Waals surface area contributed by atoms with Crippen molar-refractivity contribution < 1.29 is 9.50 Å². The molecule has 19 heavy (non-hydrogen) atoms. The first-order chi connectivity index (χ1) is 8.79. The van der Waals surface area contributed by atoms with E-state index in [2.05, 4.69) is 31.1 Å². The van der Waals surface area contributed by atoms with Gasteiger partial charge in [0.1, 0.15) is 14.2 Å². The summed E-state index contributed by atoms with van der Waals surface area (Å²) in [6, 6.07) is 8.93. The summed E-state index contributed by atoms with van der Waals surface area (Å²) in [4.78, 5) is 0. The van der Waals surface area contributed by atoms with E-state index in [0.717, 1.165) is 0 Å². The van der Waals surface area contributed by atoms with Gasteiger partial charge in [-0.15, -0.1) is 5.54 Å². The van der Waals surface area contributed by atoms with E-state index in [-0.39, 0.29) is 0 Å². The molecule has 0 aliphatic heterocycles. The maximum absolute atomic E-state index is 14.4. The Balaban J connectivity index is 3.21. The van der Waals surface area contributed by atoms with Gasteiger partial charge in [-0.2, -0.15) is 0 Å². The molecule has 2 atom stereocenters. The molecule has 1 N–H and O–H groups in total. The lowest BCUT2D eigenvalue weighted by molar-refractivity contribution is 0.00739. The topological polar surface area (TPSA) is 20.2 Å². The molecule has 1 nitrogen and oxygen atoms in total. The molecule has 0 radical (unpaired) electrons. The summed E-state index contributed by atoms with van der Waals surface area (Å²) < 4.78 is 14.4. The van der Waals surface area contributed by atoms with Gasteiger partial charge in [0.25, 0.3) is 0 Å². The maximum Gasteiger partial charge on any atom is 0.181 e. The van der Waals surface area contributed by atoms with Crippen LogP contribution < -0.4 is 0 Å². The lowest BCUT2D eigenvalue weighted by Gasteiger charge is -2.27. The fraction of sp³-hybridized carbons (Fsp3) is 0.500. The van der Waals surface area contributed by atoms with Crippen molar-refractivity contribution in [2.75, 3.05) is 0 Å². The van der Waals surface area contributed by atoms with Crippen LogP contribution in [0.2, 0.25) is 19.6 Å². The van der Waals surface area contributed by atoms with Gasteiger partial charge in [-0.1, -0.05) is 69.2 Å². The number of rotatable bonds is 4. The molecule has 1 rings (SSSR count). The van der Waals surface area contributed by atoms with Crippen molar-refractivity contribution in [3.8, 4) is 11.5 Å². The molecule has 104 valence electrons. The summed E-state index contributed by atoms with van der Waals surface area (Å²) in [6.07, 6.45) is -0.361. The molecule has 0 amide bonds. The average molecular weight is 278 g/mol. The number of alkyl halides is 1. The highest BCUT2D eigenvalue weighted by Gasteiger charge is 2.37. The Morgan fingerprint density at radius 3 is 2.32 bits per heavy atom. The van der Waals surface area contributed by atoms with E-state index in [1.165, 1.54) is 0 Å². The predicted octanol–water partition coefficient (Wildman–Crippen LogP) is 3.89. The number of hydrogen-bond acceptors (Lipinski definition) is 1. The largest absolute Gasteiger partial charge is 0.371 e. The molecule has 1 aromatic rings. The van der Waals surface area contributed by atoms with Crippen LogP contribution in [0.1, 0.15) is 25.3 Å². The Morgan fingerprint density at radius 1 is 1.26 bits per heavy atom. The summed E-state index contributed by atoms with van der Waals surface area (Å²) in [5.74, 6) is 2.83. The van der Waals surface area contributed by atoms with E-state index in [1.54, 1.807) is 24.3 Å². The fourth-order valence-corrected chi connectivity index (χ4v) is 2.33. The van der Waals surface area contributed by atoms with Gasteiger partial charge in [-0.3, -0.25) is 0 Å². The highest BCUT2D eigenvalue weighted by atomic mass is 28.3. The van der Waals surface area contributed by atoms with Crippen molar-refractivity contribution in [3.63, 3.8) is 0 Å². The van der Waals surface area contributed by atoms with Crippen LogP contribution in [-0.2, 0) is 5.60 Å². The quantitative estimate of drug-likeness (QED) is 0.654. The highest BCUT2D eigenvalue weighted by molar-refractivity contribution is 6.83. The molecule has 0 saturated heterocycles. The van der Waals surface area contributed by atoms with E-state index >= 15 is 0 Å². The van der Waals surface area contributed by atoms with E-state index in [0.29, 0.717) is 18.4 Å². The standard InChI is InChI=1S/C16H23FOSi/c1-5-9-15(17)16(18,12-13-19(2,3)4)14-10-7-6-8-11-14/h6-8,10-11,15,18H,5,9H2,1-4H3. The normalized spacial score (nSPS) is 16.1. The number of hydrogen-bond donors (Lipinski definition) is 1.